The summed E-state index contributed by atoms with van der Waals surface area (Å²) < 4.78 is 27.4. The lowest BCUT2D eigenvalue weighted by Crippen LogP contribution is -2.12. The van der Waals surface area contributed by atoms with E-state index in [2.05, 4.69) is 4.98 Å². The van der Waals surface area contributed by atoms with Gasteiger partial charge in [0.1, 0.15) is 0 Å². The number of rotatable bonds is 4. The van der Waals surface area contributed by atoms with Crippen LogP contribution in [0, 0.1) is 6.92 Å². The van der Waals surface area contributed by atoms with E-state index in [1.807, 2.05) is 37.3 Å². The largest absolute Gasteiger partial charge is 0.269 e. The van der Waals surface area contributed by atoms with E-state index in [0.29, 0.717) is 11.5 Å². The molecule has 0 saturated carbocycles. The van der Waals surface area contributed by atoms with Crippen molar-refractivity contribution < 1.29 is 8.42 Å². The van der Waals surface area contributed by atoms with Crippen LogP contribution in [0.4, 0.5) is 0 Å². The van der Waals surface area contributed by atoms with Crippen molar-refractivity contribution in [3.63, 3.8) is 0 Å². The second kappa shape index (κ2) is 6.83. The molecule has 0 radical (unpaired) electrons. The summed E-state index contributed by atoms with van der Waals surface area (Å²) in [4.78, 5) is 4.57. The van der Waals surface area contributed by atoms with Gasteiger partial charge in [-0.25, -0.2) is 17.4 Å². The number of fused-ring (bicyclic) bond motifs is 1. The third-order valence-electron chi connectivity index (χ3n) is 4.52. The third-order valence-corrected chi connectivity index (χ3v) is 6.51. The normalized spacial score (nSPS) is 11.8. The van der Waals surface area contributed by atoms with Crippen molar-refractivity contribution in [2.24, 2.45) is 0 Å². The highest BCUT2D eigenvalue weighted by Gasteiger charge is 2.20. The molecule has 0 aliphatic rings. The molecule has 0 spiro atoms. The topological polar surface area (TPSA) is 52.0 Å². The van der Waals surface area contributed by atoms with E-state index in [-0.39, 0.29) is 4.90 Å². The fraction of sp³-hybridized carbons (Fsp3) is 0.0952. The van der Waals surface area contributed by atoms with Crippen LogP contribution in [0.25, 0.3) is 22.2 Å². The SMILES string of the molecule is Cc1ccc(S(=O)(=O)n2ccc3c(-c4cccc(CCl)c4)ccnc32)cc1. The summed E-state index contributed by atoms with van der Waals surface area (Å²) in [6.45, 7) is 1.92. The van der Waals surface area contributed by atoms with Gasteiger partial charge in [-0.15, -0.1) is 11.6 Å². The molecule has 136 valence electrons. The van der Waals surface area contributed by atoms with E-state index in [1.165, 1.54) is 3.97 Å². The van der Waals surface area contributed by atoms with E-state index in [0.717, 1.165) is 27.6 Å². The Morgan fingerprint density at radius 3 is 2.56 bits per heavy atom. The lowest BCUT2D eigenvalue weighted by molar-refractivity contribution is 0.589. The van der Waals surface area contributed by atoms with E-state index >= 15 is 0 Å². The second-order valence-corrected chi connectivity index (χ2v) is 8.44. The average molecular weight is 397 g/mol. The van der Waals surface area contributed by atoms with Gasteiger partial charge in [-0.1, -0.05) is 35.9 Å². The minimum Gasteiger partial charge on any atom is -0.237 e. The number of hydrogen-bond donors (Lipinski definition) is 0. The van der Waals surface area contributed by atoms with Gasteiger partial charge in [0, 0.05) is 23.7 Å². The number of aromatic nitrogens is 2. The van der Waals surface area contributed by atoms with Gasteiger partial charge in [-0.3, -0.25) is 0 Å². The number of hydrogen-bond acceptors (Lipinski definition) is 3. The smallest absolute Gasteiger partial charge is 0.237 e. The van der Waals surface area contributed by atoms with Crippen molar-refractivity contribution in [1.82, 2.24) is 8.96 Å². The van der Waals surface area contributed by atoms with Gasteiger partial charge in [0.2, 0.25) is 0 Å². The second-order valence-electron chi connectivity index (χ2n) is 6.36. The van der Waals surface area contributed by atoms with Gasteiger partial charge in [0.15, 0.2) is 5.65 Å². The molecule has 0 aliphatic carbocycles. The molecule has 4 aromatic rings. The maximum absolute atomic E-state index is 13.1. The summed E-state index contributed by atoms with van der Waals surface area (Å²) in [5.41, 5.74) is 4.32. The summed E-state index contributed by atoms with van der Waals surface area (Å²) >= 11 is 5.95. The van der Waals surface area contributed by atoms with E-state index in [4.69, 9.17) is 11.6 Å². The molecule has 4 rings (SSSR count). The van der Waals surface area contributed by atoms with Gasteiger partial charge < -0.3 is 0 Å². The van der Waals surface area contributed by atoms with Crippen LogP contribution in [0.2, 0.25) is 0 Å². The van der Waals surface area contributed by atoms with Crippen LogP contribution in [-0.4, -0.2) is 17.4 Å². The minimum absolute atomic E-state index is 0.238. The van der Waals surface area contributed by atoms with Crippen LogP contribution in [0.3, 0.4) is 0 Å². The highest BCUT2D eigenvalue weighted by Crippen LogP contribution is 2.30. The van der Waals surface area contributed by atoms with Crippen LogP contribution in [0.15, 0.2) is 78.0 Å². The molecule has 0 unspecified atom stereocenters. The Balaban J connectivity index is 1.89. The zero-order valence-electron chi connectivity index (χ0n) is 14.6. The van der Waals surface area contributed by atoms with Crippen LogP contribution in [-0.2, 0) is 15.9 Å². The van der Waals surface area contributed by atoms with Crippen molar-refractivity contribution in [2.75, 3.05) is 0 Å². The van der Waals surface area contributed by atoms with E-state index in [9.17, 15) is 8.42 Å². The molecule has 27 heavy (non-hydrogen) atoms. The number of halogens is 1. The van der Waals surface area contributed by atoms with Gasteiger partial charge in [-0.2, -0.15) is 0 Å². The molecule has 0 aliphatic heterocycles. The fourth-order valence-electron chi connectivity index (χ4n) is 3.11. The Morgan fingerprint density at radius 1 is 1.04 bits per heavy atom. The predicted molar refractivity (Wildman–Crippen MR) is 108 cm³/mol. The summed E-state index contributed by atoms with van der Waals surface area (Å²) in [5, 5.41) is 0.778. The number of alkyl halides is 1. The maximum atomic E-state index is 13.1. The van der Waals surface area contributed by atoms with Crippen molar-refractivity contribution in [1.29, 1.82) is 0 Å². The molecule has 2 aromatic heterocycles. The molecular formula is C21H17ClN2O2S. The molecule has 0 amide bonds. The van der Waals surface area contributed by atoms with Crippen molar-refractivity contribution in [2.45, 2.75) is 17.7 Å². The van der Waals surface area contributed by atoms with Crippen LogP contribution in [0.5, 0.6) is 0 Å². The lowest BCUT2D eigenvalue weighted by Gasteiger charge is -2.09. The summed E-state index contributed by atoms with van der Waals surface area (Å²) in [6, 6.07) is 18.4. The Morgan fingerprint density at radius 2 is 1.81 bits per heavy atom. The summed E-state index contributed by atoms with van der Waals surface area (Å²) in [7, 11) is -3.72. The quantitative estimate of drug-likeness (QED) is 0.457. The third kappa shape index (κ3) is 3.13. The molecule has 0 bridgehead atoms. The number of aryl methyl sites for hydroxylation is 1. The Bertz CT molecular complexity index is 1230. The lowest BCUT2D eigenvalue weighted by atomic mass is 10.0. The van der Waals surface area contributed by atoms with Gasteiger partial charge in [-0.05, 0) is 53.9 Å². The molecular weight excluding hydrogens is 380 g/mol. The van der Waals surface area contributed by atoms with Gasteiger partial charge in [0.05, 0.1) is 4.90 Å². The van der Waals surface area contributed by atoms with Gasteiger partial charge >= 0.3 is 0 Å². The molecule has 0 fully saturated rings. The molecule has 0 atom stereocenters. The number of nitrogens with zero attached hydrogens (tertiary/aromatic N) is 2. The molecule has 6 heteroatoms. The van der Waals surface area contributed by atoms with Gasteiger partial charge in [0.25, 0.3) is 10.0 Å². The molecule has 2 aromatic carbocycles. The van der Waals surface area contributed by atoms with Crippen LogP contribution < -0.4 is 0 Å². The van der Waals surface area contributed by atoms with Crippen molar-refractivity contribution >= 4 is 32.7 Å². The zero-order valence-corrected chi connectivity index (χ0v) is 16.2. The van der Waals surface area contributed by atoms with E-state index in [1.54, 1.807) is 42.7 Å². The fourth-order valence-corrected chi connectivity index (χ4v) is 4.57. The predicted octanol–water partition coefficient (Wildman–Crippen LogP) is 4.99. The van der Waals surface area contributed by atoms with Crippen LogP contribution in [0.1, 0.15) is 11.1 Å². The highest BCUT2D eigenvalue weighted by atomic mass is 35.5. The molecule has 0 saturated heterocycles. The Labute approximate surface area is 163 Å². The summed E-state index contributed by atoms with van der Waals surface area (Å²) in [6.07, 6.45) is 3.19. The molecule has 2 heterocycles. The van der Waals surface area contributed by atoms with Crippen molar-refractivity contribution in [3.8, 4) is 11.1 Å². The average Bonchev–Trinajstić information content (AvgIpc) is 3.13. The Hall–Kier alpha value is -2.63. The van der Waals surface area contributed by atoms with E-state index < -0.39 is 10.0 Å². The number of pyridine rings is 1. The highest BCUT2D eigenvalue weighted by molar-refractivity contribution is 7.90. The standard InChI is InChI=1S/C21H17ClN2O2S/c1-15-5-7-18(8-6-15)27(25,26)24-12-10-20-19(9-11-23-21(20)24)17-4-2-3-16(13-17)14-22/h2-13H,14H2,1H3. The van der Waals surface area contributed by atoms with Crippen molar-refractivity contribution in [3.05, 3.63) is 84.2 Å². The van der Waals surface area contributed by atoms with Crippen LogP contribution >= 0.6 is 11.6 Å². The first-order chi connectivity index (χ1) is 13.0. The molecule has 4 nitrogen and oxygen atoms in total. The Kier molecular flexibility index (Phi) is 4.50. The first-order valence-electron chi connectivity index (χ1n) is 8.44. The zero-order chi connectivity index (χ0) is 19.0. The monoisotopic (exact) mass is 396 g/mol. The first kappa shape index (κ1) is 17.8. The summed E-state index contributed by atoms with van der Waals surface area (Å²) in [5.74, 6) is 0.422. The number of benzene rings is 2. The first-order valence-corrected chi connectivity index (χ1v) is 10.4. The minimum atomic E-state index is -3.72. The molecule has 0 N–H and O–H groups in total. The maximum Gasteiger partial charge on any atom is 0.269 e.